The van der Waals surface area contributed by atoms with E-state index < -0.39 is 12.0 Å². The zero-order chi connectivity index (χ0) is 16.9. The van der Waals surface area contributed by atoms with Crippen molar-refractivity contribution >= 4 is 52.4 Å². The highest BCUT2D eigenvalue weighted by Crippen LogP contribution is 2.39. The number of ether oxygens (including phenoxy) is 1. The molecule has 0 radical (unpaired) electrons. The molecule has 1 rings (SSSR count). The van der Waals surface area contributed by atoms with Crippen LogP contribution in [-0.4, -0.2) is 19.1 Å². The van der Waals surface area contributed by atoms with E-state index in [1.54, 1.807) is 6.07 Å². The Bertz CT molecular complexity index is 537. The molecule has 1 aromatic rings. The summed E-state index contributed by atoms with van der Waals surface area (Å²) in [5.74, 6) is -0.118. The Kier molecular flexibility index (Phi) is 8.29. The van der Waals surface area contributed by atoms with Crippen LogP contribution in [0, 0.1) is 5.92 Å². The van der Waals surface area contributed by atoms with E-state index in [1.165, 1.54) is 7.11 Å². The molecule has 2 N–H and O–H groups in total. The largest absolute Gasteiger partial charge is 0.468 e. The molecule has 0 aromatic heterocycles. The van der Waals surface area contributed by atoms with Crippen LogP contribution in [0.5, 0.6) is 0 Å². The molecule has 0 bridgehead atoms. The average molecular weight is 387 g/mol. The number of rotatable bonds is 7. The minimum Gasteiger partial charge on any atom is -0.468 e. The molecule has 0 spiro atoms. The highest BCUT2D eigenvalue weighted by atomic mass is 35.5. The molecule has 22 heavy (non-hydrogen) atoms. The summed E-state index contributed by atoms with van der Waals surface area (Å²) in [7, 11) is 1.33. The summed E-state index contributed by atoms with van der Waals surface area (Å²) in [4.78, 5) is 11.4. The number of carbonyl (C=O) groups excluding carboxylic acids is 1. The van der Waals surface area contributed by atoms with Crippen LogP contribution in [0.25, 0.3) is 0 Å². The fourth-order valence-electron chi connectivity index (χ4n) is 2.26. The highest BCUT2D eigenvalue weighted by molar-refractivity contribution is 6.51. The van der Waals surface area contributed by atoms with Crippen molar-refractivity contribution in [2.24, 2.45) is 11.7 Å². The smallest absolute Gasteiger partial charge is 0.322 e. The van der Waals surface area contributed by atoms with E-state index in [4.69, 9.17) is 52.1 Å². The maximum atomic E-state index is 11.4. The van der Waals surface area contributed by atoms with E-state index in [0.717, 1.165) is 18.4 Å². The van der Waals surface area contributed by atoms with Gasteiger partial charge < -0.3 is 10.5 Å². The van der Waals surface area contributed by atoms with Gasteiger partial charge in [-0.2, -0.15) is 0 Å². The SMILES string of the molecule is CCC(CCc1cc(Cl)c(Cl)c(Cl)c1Cl)CC(N)C(=O)OC. The topological polar surface area (TPSA) is 52.3 Å². The summed E-state index contributed by atoms with van der Waals surface area (Å²) in [5.41, 5.74) is 6.65. The molecule has 124 valence electrons. The van der Waals surface area contributed by atoms with Crippen molar-refractivity contribution in [1.82, 2.24) is 0 Å². The van der Waals surface area contributed by atoms with Gasteiger partial charge in [0.05, 0.1) is 27.2 Å². The number of esters is 1. The van der Waals surface area contributed by atoms with Crippen LogP contribution in [-0.2, 0) is 16.0 Å². The molecular formula is C15H19Cl4NO2. The van der Waals surface area contributed by atoms with Gasteiger partial charge in [-0.3, -0.25) is 4.79 Å². The van der Waals surface area contributed by atoms with E-state index in [2.05, 4.69) is 11.7 Å². The van der Waals surface area contributed by atoms with Crippen molar-refractivity contribution in [2.75, 3.05) is 7.11 Å². The molecule has 0 saturated carbocycles. The summed E-state index contributed by atoms with van der Waals surface area (Å²) in [6, 6.07) is 1.12. The Labute approximate surface area is 151 Å². The van der Waals surface area contributed by atoms with Crippen LogP contribution in [0.15, 0.2) is 6.07 Å². The number of hydrogen-bond donors (Lipinski definition) is 1. The van der Waals surface area contributed by atoms with Crippen LogP contribution in [0.1, 0.15) is 31.7 Å². The summed E-state index contributed by atoms with van der Waals surface area (Å²) >= 11 is 24.2. The Morgan fingerprint density at radius 3 is 2.41 bits per heavy atom. The number of halogens is 4. The lowest BCUT2D eigenvalue weighted by Crippen LogP contribution is -2.33. The van der Waals surface area contributed by atoms with Crippen LogP contribution >= 0.6 is 46.4 Å². The molecule has 0 aliphatic rings. The molecule has 0 saturated heterocycles. The van der Waals surface area contributed by atoms with Gasteiger partial charge in [0.2, 0.25) is 0 Å². The van der Waals surface area contributed by atoms with E-state index >= 15 is 0 Å². The number of nitrogens with two attached hydrogens (primary N) is 1. The molecule has 2 atom stereocenters. The Hall–Kier alpha value is -0.190. The second-order valence-corrected chi connectivity index (χ2v) is 6.68. The predicted molar refractivity (Wildman–Crippen MR) is 93.2 cm³/mol. The third kappa shape index (κ3) is 5.17. The molecule has 7 heteroatoms. The van der Waals surface area contributed by atoms with Gasteiger partial charge in [-0.05, 0) is 36.8 Å². The molecule has 0 amide bonds. The Balaban J connectivity index is 2.73. The van der Waals surface area contributed by atoms with E-state index in [1.807, 2.05) is 0 Å². The Morgan fingerprint density at radius 2 is 1.86 bits per heavy atom. The van der Waals surface area contributed by atoms with Crippen molar-refractivity contribution in [3.63, 3.8) is 0 Å². The predicted octanol–water partition coefficient (Wildman–Crippen LogP) is 5.15. The van der Waals surface area contributed by atoms with Crippen molar-refractivity contribution in [3.8, 4) is 0 Å². The van der Waals surface area contributed by atoms with Gasteiger partial charge in [0.15, 0.2) is 0 Å². The molecule has 1 aromatic carbocycles. The molecular weight excluding hydrogens is 368 g/mol. The third-order valence-corrected chi connectivity index (χ3v) is 5.46. The number of benzene rings is 1. The number of carbonyl (C=O) groups is 1. The maximum Gasteiger partial charge on any atom is 0.322 e. The van der Waals surface area contributed by atoms with Crippen LogP contribution in [0.3, 0.4) is 0 Å². The van der Waals surface area contributed by atoms with Crippen LogP contribution in [0.4, 0.5) is 0 Å². The molecule has 0 heterocycles. The molecule has 2 unspecified atom stereocenters. The molecule has 0 fully saturated rings. The summed E-state index contributed by atoms with van der Waals surface area (Å²) < 4.78 is 4.65. The van der Waals surface area contributed by atoms with Crippen molar-refractivity contribution < 1.29 is 9.53 Å². The van der Waals surface area contributed by atoms with Gasteiger partial charge in [-0.25, -0.2) is 0 Å². The first kappa shape index (κ1) is 19.9. The summed E-state index contributed by atoms with van der Waals surface area (Å²) in [5, 5.41) is 1.33. The van der Waals surface area contributed by atoms with Crippen molar-refractivity contribution in [1.29, 1.82) is 0 Å². The number of hydrogen-bond acceptors (Lipinski definition) is 3. The first-order valence-electron chi connectivity index (χ1n) is 6.97. The normalized spacial score (nSPS) is 13.8. The lowest BCUT2D eigenvalue weighted by Gasteiger charge is -2.19. The van der Waals surface area contributed by atoms with Gasteiger partial charge in [0, 0.05) is 0 Å². The molecule has 3 nitrogen and oxygen atoms in total. The van der Waals surface area contributed by atoms with Crippen molar-refractivity contribution in [3.05, 3.63) is 31.7 Å². The fourth-order valence-corrected chi connectivity index (χ4v) is 3.20. The lowest BCUT2D eigenvalue weighted by atomic mass is 9.91. The number of aryl methyl sites for hydroxylation is 1. The minimum atomic E-state index is -0.609. The van der Waals surface area contributed by atoms with E-state index in [0.29, 0.717) is 22.9 Å². The summed E-state index contributed by atoms with van der Waals surface area (Å²) in [6.45, 7) is 2.05. The Morgan fingerprint density at radius 1 is 1.23 bits per heavy atom. The maximum absolute atomic E-state index is 11.4. The zero-order valence-corrected chi connectivity index (χ0v) is 15.5. The second-order valence-electron chi connectivity index (χ2n) is 5.14. The van der Waals surface area contributed by atoms with Gasteiger partial charge in [-0.1, -0.05) is 59.7 Å². The second kappa shape index (κ2) is 9.19. The molecule has 0 aliphatic carbocycles. The van der Waals surface area contributed by atoms with Crippen LogP contribution < -0.4 is 5.73 Å². The standard InChI is InChI=1S/C15H19Cl4NO2/c1-3-8(6-11(20)15(21)22-2)4-5-9-7-10(16)13(18)14(19)12(9)17/h7-8,11H,3-6,20H2,1-2H3. The highest BCUT2D eigenvalue weighted by Gasteiger charge is 2.20. The van der Waals surface area contributed by atoms with Crippen LogP contribution in [0.2, 0.25) is 20.1 Å². The fraction of sp³-hybridized carbons (Fsp3) is 0.533. The summed E-state index contributed by atoms with van der Waals surface area (Å²) in [6.07, 6.45) is 2.96. The van der Waals surface area contributed by atoms with E-state index in [-0.39, 0.29) is 16.0 Å². The first-order valence-corrected chi connectivity index (χ1v) is 8.48. The van der Waals surface area contributed by atoms with Gasteiger partial charge in [0.1, 0.15) is 6.04 Å². The quantitative estimate of drug-likeness (QED) is 0.400. The third-order valence-electron chi connectivity index (χ3n) is 3.67. The van der Waals surface area contributed by atoms with Gasteiger partial charge in [-0.15, -0.1) is 0 Å². The van der Waals surface area contributed by atoms with Gasteiger partial charge >= 0.3 is 5.97 Å². The number of methoxy groups -OCH3 is 1. The zero-order valence-electron chi connectivity index (χ0n) is 12.5. The lowest BCUT2D eigenvalue weighted by molar-refractivity contribution is -0.142. The molecule has 0 aliphatic heterocycles. The van der Waals surface area contributed by atoms with E-state index in [9.17, 15) is 4.79 Å². The van der Waals surface area contributed by atoms with Crippen molar-refractivity contribution in [2.45, 2.75) is 38.6 Å². The average Bonchev–Trinajstić information content (AvgIpc) is 2.52. The monoisotopic (exact) mass is 385 g/mol. The first-order chi connectivity index (χ1) is 10.3. The minimum absolute atomic E-state index is 0.261. The van der Waals surface area contributed by atoms with Gasteiger partial charge in [0.25, 0.3) is 0 Å².